The number of hydrogen-bond acceptors (Lipinski definition) is 0. The van der Waals surface area contributed by atoms with Crippen molar-refractivity contribution in [2.45, 2.75) is 18.7 Å². The van der Waals surface area contributed by atoms with E-state index in [2.05, 4.69) is 53.2 Å². The van der Waals surface area contributed by atoms with Gasteiger partial charge in [0.15, 0.2) is 0 Å². The van der Waals surface area contributed by atoms with Gasteiger partial charge in [0, 0.05) is 4.47 Å². The van der Waals surface area contributed by atoms with Crippen LogP contribution in [0.5, 0.6) is 0 Å². The lowest BCUT2D eigenvalue weighted by Gasteiger charge is -2.14. The number of aryl methyl sites for hydroxylation is 1. The molecular formula is C15H14BrCl. The minimum atomic E-state index is -0.0701. The lowest BCUT2D eigenvalue weighted by Crippen LogP contribution is -1.97. The van der Waals surface area contributed by atoms with Crippen LogP contribution in [0.25, 0.3) is 0 Å². The summed E-state index contributed by atoms with van der Waals surface area (Å²) in [6, 6.07) is 16.5. The van der Waals surface area contributed by atoms with Gasteiger partial charge in [0.05, 0.1) is 5.38 Å². The van der Waals surface area contributed by atoms with Gasteiger partial charge in [-0.2, -0.15) is 0 Å². The molecule has 2 heteroatoms. The highest BCUT2D eigenvalue weighted by Crippen LogP contribution is 2.31. The number of rotatable bonds is 3. The maximum Gasteiger partial charge on any atom is 0.0838 e. The summed E-state index contributed by atoms with van der Waals surface area (Å²) in [5, 5.41) is -0.0701. The Labute approximate surface area is 116 Å². The Hall–Kier alpha value is -0.790. The quantitative estimate of drug-likeness (QED) is 0.671. The molecule has 0 aromatic heterocycles. The van der Waals surface area contributed by atoms with Crippen LogP contribution in [0.1, 0.15) is 29.0 Å². The van der Waals surface area contributed by atoms with Crippen molar-refractivity contribution in [1.29, 1.82) is 0 Å². The summed E-state index contributed by atoms with van der Waals surface area (Å²) < 4.78 is 1.08. The normalized spacial score (nSPS) is 12.4. The van der Waals surface area contributed by atoms with Crippen LogP contribution in [0.3, 0.4) is 0 Å². The third kappa shape index (κ3) is 2.91. The minimum absolute atomic E-state index is 0.0701. The Kier molecular flexibility index (Phi) is 4.25. The van der Waals surface area contributed by atoms with Gasteiger partial charge in [-0.15, -0.1) is 11.6 Å². The minimum Gasteiger partial charge on any atom is -0.113 e. The number of halogens is 2. The molecule has 2 aromatic carbocycles. The summed E-state index contributed by atoms with van der Waals surface area (Å²) in [4.78, 5) is 0. The summed E-state index contributed by atoms with van der Waals surface area (Å²) in [5.74, 6) is 0. The molecule has 17 heavy (non-hydrogen) atoms. The van der Waals surface area contributed by atoms with E-state index in [1.54, 1.807) is 0 Å². The van der Waals surface area contributed by atoms with Crippen LogP contribution in [-0.2, 0) is 6.42 Å². The lowest BCUT2D eigenvalue weighted by molar-refractivity contribution is 1.04. The highest BCUT2D eigenvalue weighted by Gasteiger charge is 2.13. The standard InChI is InChI=1S/C15H14BrCl/c1-2-11-5-3-4-6-14(11)15(17)12-7-9-13(16)10-8-12/h3-10,15H,2H2,1H3. The molecule has 0 aliphatic carbocycles. The summed E-state index contributed by atoms with van der Waals surface area (Å²) >= 11 is 9.99. The van der Waals surface area contributed by atoms with E-state index in [9.17, 15) is 0 Å². The van der Waals surface area contributed by atoms with E-state index in [0.717, 1.165) is 16.5 Å². The Morgan fingerprint density at radius 2 is 1.71 bits per heavy atom. The van der Waals surface area contributed by atoms with E-state index in [1.807, 2.05) is 18.2 Å². The first-order chi connectivity index (χ1) is 8.22. The molecule has 0 aliphatic heterocycles. The average Bonchev–Trinajstić information content (AvgIpc) is 2.39. The largest absolute Gasteiger partial charge is 0.113 e. The van der Waals surface area contributed by atoms with Crippen molar-refractivity contribution >= 4 is 27.5 Å². The first-order valence-electron chi connectivity index (χ1n) is 5.69. The van der Waals surface area contributed by atoms with Crippen molar-refractivity contribution in [3.63, 3.8) is 0 Å². The molecule has 0 saturated heterocycles. The van der Waals surface area contributed by atoms with Gasteiger partial charge in [0.1, 0.15) is 0 Å². The van der Waals surface area contributed by atoms with Crippen molar-refractivity contribution in [2.75, 3.05) is 0 Å². The molecule has 88 valence electrons. The third-order valence-corrected chi connectivity index (χ3v) is 3.89. The molecule has 0 saturated carbocycles. The lowest BCUT2D eigenvalue weighted by atomic mass is 9.98. The van der Waals surface area contributed by atoms with Gasteiger partial charge < -0.3 is 0 Å². The Balaban J connectivity index is 2.36. The first kappa shape index (κ1) is 12.7. The maximum atomic E-state index is 6.55. The van der Waals surface area contributed by atoms with Crippen LogP contribution in [-0.4, -0.2) is 0 Å². The highest BCUT2D eigenvalue weighted by atomic mass is 79.9. The number of benzene rings is 2. The third-order valence-electron chi connectivity index (χ3n) is 2.87. The zero-order chi connectivity index (χ0) is 12.3. The van der Waals surface area contributed by atoms with E-state index in [-0.39, 0.29) is 5.38 Å². The zero-order valence-electron chi connectivity index (χ0n) is 9.66. The summed E-state index contributed by atoms with van der Waals surface area (Å²) in [6.07, 6.45) is 1.01. The van der Waals surface area contributed by atoms with Crippen LogP contribution in [0.4, 0.5) is 0 Å². The molecule has 0 fully saturated rings. The Morgan fingerprint density at radius 3 is 2.35 bits per heavy atom. The maximum absolute atomic E-state index is 6.55. The first-order valence-corrected chi connectivity index (χ1v) is 6.92. The molecule has 0 amide bonds. The number of alkyl halides is 1. The molecule has 1 unspecified atom stereocenters. The van der Waals surface area contributed by atoms with E-state index >= 15 is 0 Å². The zero-order valence-corrected chi connectivity index (χ0v) is 12.0. The fraction of sp³-hybridized carbons (Fsp3) is 0.200. The van der Waals surface area contributed by atoms with Gasteiger partial charge in [0.2, 0.25) is 0 Å². The van der Waals surface area contributed by atoms with Gasteiger partial charge in [-0.05, 0) is 35.2 Å². The predicted octanol–water partition coefficient (Wildman–Crippen LogP) is 5.34. The second-order valence-electron chi connectivity index (χ2n) is 3.97. The molecule has 0 radical (unpaired) electrons. The van der Waals surface area contributed by atoms with Crippen LogP contribution < -0.4 is 0 Å². The van der Waals surface area contributed by atoms with Gasteiger partial charge >= 0.3 is 0 Å². The fourth-order valence-electron chi connectivity index (χ4n) is 1.91. The van der Waals surface area contributed by atoms with E-state index < -0.39 is 0 Å². The Bertz CT molecular complexity index is 491. The van der Waals surface area contributed by atoms with Crippen molar-refractivity contribution < 1.29 is 0 Å². The van der Waals surface area contributed by atoms with E-state index in [0.29, 0.717) is 0 Å². The molecule has 0 spiro atoms. The fourth-order valence-corrected chi connectivity index (χ4v) is 2.54. The smallest absolute Gasteiger partial charge is 0.0838 e. The predicted molar refractivity (Wildman–Crippen MR) is 77.7 cm³/mol. The SMILES string of the molecule is CCc1ccccc1C(Cl)c1ccc(Br)cc1. The second-order valence-corrected chi connectivity index (χ2v) is 5.32. The second kappa shape index (κ2) is 5.70. The van der Waals surface area contributed by atoms with Gasteiger partial charge in [-0.25, -0.2) is 0 Å². The van der Waals surface area contributed by atoms with Crippen molar-refractivity contribution in [3.8, 4) is 0 Å². The molecule has 0 N–H and O–H groups in total. The summed E-state index contributed by atoms with van der Waals surface area (Å²) in [7, 11) is 0. The highest BCUT2D eigenvalue weighted by molar-refractivity contribution is 9.10. The monoisotopic (exact) mass is 308 g/mol. The molecule has 2 aromatic rings. The molecule has 0 bridgehead atoms. The van der Waals surface area contributed by atoms with Crippen LogP contribution >= 0.6 is 27.5 Å². The van der Waals surface area contributed by atoms with E-state index in [4.69, 9.17) is 11.6 Å². The van der Waals surface area contributed by atoms with Crippen molar-refractivity contribution in [3.05, 3.63) is 69.7 Å². The molecular weight excluding hydrogens is 296 g/mol. The molecule has 2 rings (SSSR count). The Morgan fingerprint density at radius 1 is 1.06 bits per heavy atom. The molecule has 0 nitrogen and oxygen atoms in total. The van der Waals surface area contributed by atoms with Crippen LogP contribution in [0.2, 0.25) is 0 Å². The van der Waals surface area contributed by atoms with Gasteiger partial charge in [-0.1, -0.05) is 59.3 Å². The van der Waals surface area contributed by atoms with Crippen molar-refractivity contribution in [2.24, 2.45) is 0 Å². The van der Waals surface area contributed by atoms with E-state index in [1.165, 1.54) is 11.1 Å². The number of hydrogen-bond donors (Lipinski definition) is 0. The average molecular weight is 310 g/mol. The van der Waals surface area contributed by atoms with Crippen molar-refractivity contribution in [1.82, 2.24) is 0 Å². The summed E-state index contributed by atoms with van der Waals surface area (Å²) in [6.45, 7) is 2.16. The molecule has 0 heterocycles. The summed E-state index contributed by atoms with van der Waals surface area (Å²) in [5.41, 5.74) is 3.66. The molecule has 1 atom stereocenters. The van der Waals surface area contributed by atoms with Crippen LogP contribution in [0.15, 0.2) is 53.0 Å². The van der Waals surface area contributed by atoms with Gasteiger partial charge in [-0.3, -0.25) is 0 Å². The van der Waals surface area contributed by atoms with Gasteiger partial charge in [0.25, 0.3) is 0 Å². The molecule has 0 aliphatic rings. The topological polar surface area (TPSA) is 0 Å². The van der Waals surface area contributed by atoms with Crippen LogP contribution in [0, 0.1) is 0 Å².